The van der Waals surface area contributed by atoms with Gasteiger partial charge in [-0.15, -0.1) is 0 Å². The van der Waals surface area contributed by atoms with Crippen LogP contribution in [0.4, 0.5) is 18.9 Å². The normalized spacial score (nSPS) is 12.6. The van der Waals surface area contributed by atoms with Gasteiger partial charge in [0.05, 0.1) is 4.47 Å². The molecule has 1 aliphatic rings. The molecule has 1 aliphatic heterocycles. The van der Waals surface area contributed by atoms with E-state index >= 15 is 0 Å². The summed E-state index contributed by atoms with van der Waals surface area (Å²) in [5.41, 5.74) is 0.361. The Labute approximate surface area is 126 Å². The van der Waals surface area contributed by atoms with E-state index < -0.39 is 17.5 Å². The van der Waals surface area contributed by atoms with Crippen molar-refractivity contribution >= 4 is 21.6 Å². The fourth-order valence-electron chi connectivity index (χ4n) is 2.02. The molecule has 21 heavy (non-hydrogen) atoms. The van der Waals surface area contributed by atoms with Gasteiger partial charge < -0.3 is 14.8 Å². The molecule has 0 aromatic heterocycles. The number of ether oxygens (including phenoxy) is 2. The first-order valence-electron chi connectivity index (χ1n) is 6.01. The van der Waals surface area contributed by atoms with Gasteiger partial charge in [0, 0.05) is 18.7 Å². The van der Waals surface area contributed by atoms with Gasteiger partial charge in [-0.25, -0.2) is 13.2 Å². The van der Waals surface area contributed by atoms with Crippen LogP contribution < -0.4 is 14.8 Å². The molecule has 3 nitrogen and oxygen atoms in total. The second-order valence-corrected chi connectivity index (χ2v) is 5.26. The first kappa shape index (κ1) is 14.1. The Kier molecular flexibility index (Phi) is 3.67. The number of hydrogen-bond acceptors (Lipinski definition) is 3. The number of nitrogens with one attached hydrogen (secondary N) is 1. The van der Waals surface area contributed by atoms with Crippen molar-refractivity contribution in [2.24, 2.45) is 0 Å². The number of benzene rings is 2. The second-order valence-electron chi connectivity index (χ2n) is 4.41. The van der Waals surface area contributed by atoms with Gasteiger partial charge in [0.1, 0.15) is 11.5 Å². The Bertz CT molecular complexity index is 686. The van der Waals surface area contributed by atoms with Crippen LogP contribution in [0, 0.1) is 17.5 Å². The molecule has 0 fully saturated rings. The summed E-state index contributed by atoms with van der Waals surface area (Å²) in [4.78, 5) is 0. The molecule has 0 aliphatic carbocycles. The Hall–Kier alpha value is -1.89. The highest BCUT2D eigenvalue weighted by Crippen LogP contribution is 2.40. The Balaban J connectivity index is 1.81. The number of rotatable bonds is 3. The van der Waals surface area contributed by atoms with Crippen molar-refractivity contribution in [2.45, 2.75) is 6.54 Å². The molecule has 3 rings (SSSR count). The van der Waals surface area contributed by atoms with Crippen LogP contribution in [-0.2, 0) is 6.54 Å². The van der Waals surface area contributed by atoms with Gasteiger partial charge in [0.25, 0.3) is 0 Å². The van der Waals surface area contributed by atoms with Crippen LogP contribution in [0.15, 0.2) is 28.7 Å². The van der Waals surface area contributed by atoms with Crippen LogP contribution in [0.5, 0.6) is 11.5 Å². The molecule has 0 radical (unpaired) electrons. The zero-order chi connectivity index (χ0) is 15.0. The van der Waals surface area contributed by atoms with E-state index in [9.17, 15) is 13.2 Å². The second kappa shape index (κ2) is 5.48. The van der Waals surface area contributed by atoms with Gasteiger partial charge in [0.2, 0.25) is 6.79 Å². The fraction of sp³-hybridized carbons (Fsp3) is 0.143. The number of halogens is 4. The molecule has 1 heterocycles. The molecule has 0 bridgehead atoms. The van der Waals surface area contributed by atoms with Crippen molar-refractivity contribution in [3.8, 4) is 11.5 Å². The maximum atomic E-state index is 13.5. The summed E-state index contributed by atoms with van der Waals surface area (Å²) in [5, 5.41) is 2.61. The van der Waals surface area contributed by atoms with Crippen molar-refractivity contribution in [3.05, 3.63) is 51.8 Å². The quantitative estimate of drug-likeness (QED) is 0.890. The first-order valence-corrected chi connectivity index (χ1v) is 6.80. The lowest BCUT2D eigenvalue weighted by Crippen LogP contribution is -2.04. The largest absolute Gasteiger partial charge is 0.454 e. The Morgan fingerprint density at radius 1 is 1.05 bits per heavy atom. The van der Waals surface area contributed by atoms with Crippen molar-refractivity contribution < 1.29 is 22.6 Å². The SMILES string of the molecule is Fc1cc(F)c(NCc2cc(Br)c3c(c2)OCO3)c(F)c1. The smallest absolute Gasteiger partial charge is 0.231 e. The van der Waals surface area contributed by atoms with Crippen LogP contribution in [-0.4, -0.2) is 6.79 Å². The molecular weight excluding hydrogens is 351 g/mol. The zero-order valence-corrected chi connectivity index (χ0v) is 12.1. The maximum Gasteiger partial charge on any atom is 0.231 e. The minimum atomic E-state index is -0.979. The average molecular weight is 360 g/mol. The van der Waals surface area contributed by atoms with Crippen molar-refractivity contribution in [2.75, 3.05) is 12.1 Å². The number of anilines is 1. The molecule has 0 saturated heterocycles. The molecule has 0 unspecified atom stereocenters. The molecule has 7 heteroatoms. The van der Waals surface area contributed by atoms with E-state index in [0.717, 1.165) is 5.56 Å². The molecule has 0 amide bonds. The monoisotopic (exact) mass is 359 g/mol. The van der Waals surface area contributed by atoms with E-state index in [0.29, 0.717) is 28.1 Å². The molecular formula is C14H9BrF3NO2. The van der Waals surface area contributed by atoms with Gasteiger partial charge in [-0.05, 0) is 33.6 Å². The van der Waals surface area contributed by atoms with Crippen molar-refractivity contribution in [3.63, 3.8) is 0 Å². The van der Waals surface area contributed by atoms with Gasteiger partial charge in [-0.2, -0.15) is 0 Å². The lowest BCUT2D eigenvalue weighted by molar-refractivity contribution is 0.173. The summed E-state index contributed by atoms with van der Waals surface area (Å²) in [5.74, 6) is -1.76. The summed E-state index contributed by atoms with van der Waals surface area (Å²) in [6, 6.07) is 4.71. The van der Waals surface area contributed by atoms with Crippen LogP contribution >= 0.6 is 15.9 Å². The molecule has 0 saturated carbocycles. The molecule has 0 spiro atoms. The van der Waals surface area contributed by atoms with Gasteiger partial charge in [-0.3, -0.25) is 0 Å². The summed E-state index contributed by atoms with van der Waals surface area (Å²) >= 11 is 3.33. The van der Waals surface area contributed by atoms with Gasteiger partial charge in [0.15, 0.2) is 23.1 Å². The van der Waals surface area contributed by atoms with E-state index in [1.54, 1.807) is 12.1 Å². The lowest BCUT2D eigenvalue weighted by atomic mass is 10.2. The molecule has 2 aromatic rings. The molecule has 0 atom stereocenters. The highest BCUT2D eigenvalue weighted by Gasteiger charge is 2.18. The lowest BCUT2D eigenvalue weighted by Gasteiger charge is -2.10. The third-order valence-corrected chi connectivity index (χ3v) is 3.55. The zero-order valence-electron chi connectivity index (χ0n) is 10.6. The van der Waals surface area contributed by atoms with Crippen LogP contribution in [0.3, 0.4) is 0 Å². The van der Waals surface area contributed by atoms with Crippen molar-refractivity contribution in [1.29, 1.82) is 0 Å². The average Bonchev–Trinajstić information content (AvgIpc) is 2.86. The Morgan fingerprint density at radius 2 is 1.76 bits per heavy atom. The van der Waals surface area contributed by atoms with Crippen LogP contribution in [0.1, 0.15) is 5.56 Å². The molecule has 110 valence electrons. The summed E-state index contributed by atoms with van der Waals surface area (Å²) in [6.07, 6.45) is 0. The van der Waals surface area contributed by atoms with E-state index in [1.165, 1.54) is 0 Å². The summed E-state index contributed by atoms with van der Waals surface area (Å²) in [6.45, 7) is 0.279. The third kappa shape index (κ3) is 2.78. The first-order chi connectivity index (χ1) is 10.0. The van der Waals surface area contributed by atoms with E-state index in [2.05, 4.69) is 21.2 Å². The summed E-state index contributed by atoms with van der Waals surface area (Å²) < 4.78 is 51.1. The fourth-order valence-corrected chi connectivity index (χ4v) is 2.63. The standard InChI is InChI=1S/C14H9BrF3NO2/c15-9-1-7(2-12-14(9)21-6-20-12)5-19-13-10(17)3-8(16)4-11(13)18/h1-4,19H,5-6H2. The van der Waals surface area contributed by atoms with E-state index in [-0.39, 0.29) is 19.0 Å². The summed E-state index contributed by atoms with van der Waals surface area (Å²) in [7, 11) is 0. The topological polar surface area (TPSA) is 30.5 Å². The highest BCUT2D eigenvalue weighted by atomic mass is 79.9. The van der Waals surface area contributed by atoms with E-state index in [4.69, 9.17) is 9.47 Å². The third-order valence-electron chi connectivity index (χ3n) is 2.96. The van der Waals surface area contributed by atoms with Gasteiger partial charge in [-0.1, -0.05) is 0 Å². The predicted molar refractivity (Wildman–Crippen MR) is 73.9 cm³/mol. The Morgan fingerprint density at radius 3 is 2.48 bits per heavy atom. The number of fused-ring (bicyclic) bond motifs is 1. The molecule has 2 aromatic carbocycles. The minimum absolute atomic E-state index is 0.131. The number of hydrogen-bond donors (Lipinski definition) is 1. The minimum Gasteiger partial charge on any atom is -0.454 e. The molecule has 1 N–H and O–H groups in total. The maximum absolute atomic E-state index is 13.5. The van der Waals surface area contributed by atoms with Crippen molar-refractivity contribution in [1.82, 2.24) is 0 Å². The van der Waals surface area contributed by atoms with E-state index in [1.807, 2.05) is 0 Å². The predicted octanol–water partition coefficient (Wildman–Crippen LogP) is 4.21. The van der Waals surface area contributed by atoms with Gasteiger partial charge >= 0.3 is 0 Å². The van der Waals surface area contributed by atoms with Crippen LogP contribution in [0.2, 0.25) is 0 Å². The van der Waals surface area contributed by atoms with Crippen LogP contribution in [0.25, 0.3) is 0 Å². The highest BCUT2D eigenvalue weighted by molar-refractivity contribution is 9.10.